The van der Waals surface area contributed by atoms with Gasteiger partial charge in [-0.15, -0.1) is 4.57 Å². The molecule has 0 atom stereocenters. The Morgan fingerprint density at radius 3 is 2.83 bits per heavy atom. The van der Waals surface area contributed by atoms with Gasteiger partial charge in [0.05, 0.1) is 11.3 Å². The van der Waals surface area contributed by atoms with E-state index >= 15 is 0 Å². The number of nitrogens with zero attached hydrogens (tertiary/aromatic N) is 2. The van der Waals surface area contributed by atoms with Gasteiger partial charge in [-0.25, -0.2) is 9.37 Å². The Morgan fingerprint density at radius 2 is 2.00 bits per heavy atom. The van der Waals surface area contributed by atoms with Crippen LogP contribution in [0.4, 0.5) is 10.1 Å². The first kappa shape index (κ1) is 18.4. The van der Waals surface area contributed by atoms with E-state index in [0.717, 1.165) is 4.57 Å². The standard InChI is InChI=1S/C21H16FN3O4/c1-13-9-19-23-15(11-20(26)25(19)29-13)12-28-16-6-4-5-14(10-16)24-21(27)17-7-2-3-8-18(17)22/h2-11H,12H2,1H3,(H,24,27). The van der Waals surface area contributed by atoms with E-state index in [1.54, 1.807) is 43.3 Å². The Bertz CT molecular complexity index is 1260. The van der Waals surface area contributed by atoms with Gasteiger partial charge in [0.2, 0.25) is 0 Å². The predicted molar refractivity (Wildman–Crippen MR) is 104 cm³/mol. The van der Waals surface area contributed by atoms with Gasteiger partial charge in [0.15, 0.2) is 5.65 Å². The number of hydrogen-bond acceptors (Lipinski definition) is 5. The van der Waals surface area contributed by atoms with E-state index in [1.807, 2.05) is 0 Å². The van der Waals surface area contributed by atoms with Crippen LogP contribution in [0.3, 0.4) is 0 Å². The SMILES string of the molecule is Cc1cc2nc(COc3cccc(NC(=O)c4ccccc4F)c3)cc(=O)n2o1. The van der Waals surface area contributed by atoms with Crippen LogP contribution in [0, 0.1) is 12.7 Å². The van der Waals surface area contributed by atoms with Crippen molar-refractivity contribution in [2.45, 2.75) is 13.5 Å². The number of aryl methyl sites for hydroxylation is 1. The summed E-state index contributed by atoms with van der Waals surface area (Å²) in [7, 11) is 0. The first-order valence-corrected chi connectivity index (χ1v) is 8.78. The van der Waals surface area contributed by atoms with Crippen molar-refractivity contribution in [2.75, 3.05) is 5.32 Å². The fraction of sp³-hybridized carbons (Fsp3) is 0.0952. The summed E-state index contributed by atoms with van der Waals surface area (Å²) < 4.78 is 25.8. The van der Waals surface area contributed by atoms with Crippen molar-refractivity contribution < 1.29 is 18.4 Å². The molecular weight excluding hydrogens is 377 g/mol. The number of halogens is 1. The number of carbonyl (C=O) groups excluding carboxylic acids is 1. The molecule has 2 aromatic carbocycles. The van der Waals surface area contributed by atoms with Crippen LogP contribution in [0.25, 0.3) is 5.65 Å². The molecule has 0 aliphatic carbocycles. The third-order valence-electron chi connectivity index (χ3n) is 4.12. The monoisotopic (exact) mass is 393 g/mol. The number of carbonyl (C=O) groups is 1. The van der Waals surface area contributed by atoms with E-state index in [-0.39, 0.29) is 17.7 Å². The molecule has 0 aliphatic heterocycles. The van der Waals surface area contributed by atoms with Gasteiger partial charge >= 0.3 is 0 Å². The van der Waals surface area contributed by atoms with Crippen LogP contribution >= 0.6 is 0 Å². The van der Waals surface area contributed by atoms with Gasteiger partial charge in [-0.3, -0.25) is 9.59 Å². The molecule has 0 saturated heterocycles. The summed E-state index contributed by atoms with van der Waals surface area (Å²) in [5.41, 5.74) is 0.903. The van der Waals surface area contributed by atoms with E-state index in [2.05, 4.69) is 10.3 Å². The summed E-state index contributed by atoms with van der Waals surface area (Å²) in [6.45, 7) is 1.78. The van der Waals surface area contributed by atoms with Crippen molar-refractivity contribution in [3.05, 3.63) is 93.9 Å². The summed E-state index contributed by atoms with van der Waals surface area (Å²) >= 11 is 0. The highest BCUT2D eigenvalue weighted by Crippen LogP contribution is 2.20. The largest absolute Gasteiger partial charge is 0.487 e. The van der Waals surface area contributed by atoms with Crippen LogP contribution < -0.4 is 15.6 Å². The number of ether oxygens (including phenoxy) is 1. The van der Waals surface area contributed by atoms with Crippen molar-refractivity contribution >= 4 is 17.2 Å². The van der Waals surface area contributed by atoms with E-state index in [9.17, 15) is 14.0 Å². The highest BCUT2D eigenvalue weighted by Gasteiger charge is 2.12. The van der Waals surface area contributed by atoms with Crippen LogP contribution in [0.1, 0.15) is 21.8 Å². The van der Waals surface area contributed by atoms with Crippen LogP contribution in [0.2, 0.25) is 0 Å². The fourth-order valence-electron chi connectivity index (χ4n) is 2.81. The number of anilines is 1. The van der Waals surface area contributed by atoms with Crippen LogP contribution in [-0.2, 0) is 6.61 Å². The van der Waals surface area contributed by atoms with E-state index in [0.29, 0.717) is 28.5 Å². The molecule has 2 aromatic heterocycles. The fourth-order valence-corrected chi connectivity index (χ4v) is 2.81. The lowest BCUT2D eigenvalue weighted by atomic mass is 10.2. The minimum Gasteiger partial charge on any atom is -0.487 e. The number of amides is 1. The van der Waals surface area contributed by atoms with E-state index < -0.39 is 11.7 Å². The Kier molecular flexibility index (Phi) is 4.82. The second-order valence-electron chi connectivity index (χ2n) is 6.34. The van der Waals surface area contributed by atoms with Gasteiger partial charge in [0.1, 0.15) is 23.9 Å². The molecule has 0 aliphatic rings. The summed E-state index contributed by atoms with van der Waals surface area (Å²) in [5, 5.41) is 2.63. The van der Waals surface area contributed by atoms with Gasteiger partial charge in [-0.2, -0.15) is 0 Å². The molecule has 4 aromatic rings. The Morgan fingerprint density at radius 1 is 1.17 bits per heavy atom. The van der Waals surface area contributed by atoms with Crippen LogP contribution in [-0.4, -0.2) is 15.5 Å². The third kappa shape index (κ3) is 4.01. The predicted octanol–water partition coefficient (Wildman–Crippen LogP) is 3.57. The summed E-state index contributed by atoms with van der Waals surface area (Å²) in [6, 6.07) is 15.4. The number of rotatable bonds is 5. The average molecular weight is 393 g/mol. The number of hydrogen-bond donors (Lipinski definition) is 1. The summed E-state index contributed by atoms with van der Waals surface area (Å²) in [6.07, 6.45) is 0. The second kappa shape index (κ2) is 7.59. The van der Waals surface area contributed by atoms with E-state index in [4.69, 9.17) is 9.26 Å². The molecule has 29 heavy (non-hydrogen) atoms. The van der Waals surface area contributed by atoms with E-state index in [1.165, 1.54) is 24.3 Å². The maximum Gasteiger partial charge on any atom is 0.287 e. The molecule has 0 unspecified atom stereocenters. The van der Waals surface area contributed by atoms with Gasteiger partial charge in [0, 0.05) is 23.9 Å². The highest BCUT2D eigenvalue weighted by molar-refractivity contribution is 6.04. The van der Waals surface area contributed by atoms with Gasteiger partial charge in [0.25, 0.3) is 11.5 Å². The number of benzene rings is 2. The van der Waals surface area contributed by atoms with Crippen LogP contribution in [0.5, 0.6) is 5.75 Å². The van der Waals surface area contributed by atoms with Crippen molar-refractivity contribution in [2.24, 2.45) is 0 Å². The molecule has 7 nitrogen and oxygen atoms in total. The first-order chi connectivity index (χ1) is 14.0. The normalized spacial score (nSPS) is 10.8. The Labute approximate surface area is 164 Å². The molecule has 1 amide bonds. The number of aromatic nitrogens is 2. The Balaban J connectivity index is 1.47. The number of fused-ring (bicyclic) bond motifs is 1. The van der Waals surface area contributed by atoms with Crippen molar-refractivity contribution in [3.8, 4) is 5.75 Å². The minimum atomic E-state index is -0.598. The molecule has 1 N–H and O–H groups in total. The topological polar surface area (TPSA) is 85.8 Å². The average Bonchev–Trinajstić information content (AvgIpc) is 3.08. The van der Waals surface area contributed by atoms with Crippen molar-refractivity contribution in [3.63, 3.8) is 0 Å². The summed E-state index contributed by atoms with van der Waals surface area (Å²) in [5.74, 6) is -0.122. The molecule has 0 saturated carbocycles. The molecule has 0 spiro atoms. The lowest BCUT2D eigenvalue weighted by Gasteiger charge is -2.09. The minimum absolute atomic E-state index is 0.0489. The summed E-state index contributed by atoms with van der Waals surface area (Å²) in [4.78, 5) is 28.6. The zero-order valence-electron chi connectivity index (χ0n) is 15.4. The van der Waals surface area contributed by atoms with Gasteiger partial charge in [-0.05, 0) is 31.2 Å². The molecule has 2 heterocycles. The molecule has 0 bridgehead atoms. The van der Waals surface area contributed by atoms with Crippen molar-refractivity contribution in [1.29, 1.82) is 0 Å². The lowest BCUT2D eigenvalue weighted by molar-refractivity contribution is 0.102. The quantitative estimate of drug-likeness (QED) is 0.560. The molecule has 0 radical (unpaired) electrons. The maximum atomic E-state index is 13.7. The zero-order valence-corrected chi connectivity index (χ0v) is 15.4. The molecule has 4 rings (SSSR count). The van der Waals surface area contributed by atoms with Gasteiger partial charge < -0.3 is 14.6 Å². The maximum absolute atomic E-state index is 13.7. The van der Waals surface area contributed by atoms with Crippen molar-refractivity contribution in [1.82, 2.24) is 9.56 Å². The molecule has 8 heteroatoms. The third-order valence-corrected chi connectivity index (χ3v) is 4.12. The smallest absolute Gasteiger partial charge is 0.287 e. The number of nitrogens with one attached hydrogen (secondary N) is 1. The molecule has 0 fully saturated rings. The van der Waals surface area contributed by atoms with Crippen LogP contribution in [0.15, 0.2) is 70.0 Å². The first-order valence-electron chi connectivity index (χ1n) is 8.78. The highest BCUT2D eigenvalue weighted by atomic mass is 19.1. The Hall–Kier alpha value is -3.94. The zero-order chi connectivity index (χ0) is 20.4. The van der Waals surface area contributed by atoms with Gasteiger partial charge in [-0.1, -0.05) is 18.2 Å². The lowest BCUT2D eigenvalue weighted by Crippen LogP contribution is -2.14. The second-order valence-corrected chi connectivity index (χ2v) is 6.34. The molecule has 146 valence electrons. The molecular formula is C21H16FN3O4.